The third kappa shape index (κ3) is 6.54. The molecular weight excluding hydrogens is 483 g/mol. The second-order valence-electron chi connectivity index (χ2n) is 7.62. The van der Waals surface area contributed by atoms with Crippen LogP contribution < -0.4 is 10.6 Å². The Kier molecular flexibility index (Phi) is 9.40. The van der Waals surface area contributed by atoms with Gasteiger partial charge in [-0.15, -0.1) is 24.0 Å². The number of halogens is 1. The van der Waals surface area contributed by atoms with Crippen LogP contribution in [0.2, 0.25) is 0 Å². The quantitative estimate of drug-likeness (QED) is 0.359. The molecule has 1 aliphatic carbocycles. The van der Waals surface area contributed by atoms with E-state index in [1.54, 1.807) is 0 Å². The van der Waals surface area contributed by atoms with E-state index in [0.717, 1.165) is 37.7 Å². The maximum atomic E-state index is 11.1. The van der Waals surface area contributed by atoms with Gasteiger partial charge in [0, 0.05) is 49.8 Å². The fourth-order valence-electron chi connectivity index (χ4n) is 4.13. The van der Waals surface area contributed by atoms with E-state index >= 15 is 0 Å². The molecule has 1 spiro atoms. The van der Waals surface area contributed by atoms with Crippen molar-refractivity contribution in [2.75, 3.05) is 37.8 Å². The molecule has 2 fully saturated rings. The van der Waals surface area contributed by atoms with Gasteiger partial charge in [-0.2, -0.15) is 11.8 Å². The smallest absolute Gasteiger partial charge is 0.221 e. The van der Waals surface area contributed by atoms with Crippen molar-refractivity contribution in [3.8, 4) is 0 Å². The Morgan fingerprint density at radius 3 is 2.57 bits per heavy atom. The Bertz CT molecular complexity index is 653. The summed E-state index contributed by atoms with van der Waals surface area (Å²) in [4.78, 5) is 18.1. The SMILES string of the molecule is CN=C(NCCc1ccc(NC(C)=O)cc1)N1CCSC2(CCCCC2)C1.I. The lowest BCUT2D eigenvalue weighted by Gasteiger charge is -2.45. The van der Waals surface area contributed by atoms with Crippen LogP contribution in [-0.4, -0.2) is 53.9 Å². The first kappa shape index (κ1) is 23.3. The number of carbonyl (C=O) groups excluding carboxylic acids is 1. The summed E-state index contributed by atoms with van der Waals surface area (Å²) in [6.07, 6.45) is 7.80. The second-order valence-corrected chi connectivity index (χ2v) is 9.18. The van der Waals surface area contributed by atoms with E-state index in [4.69, 9.17) is 0 Å². The average Bonchev–Trinajstić information content (AvgIpc) is 2.67. The van der Waals surface area contributed by atoms with Crippen molar-refractivity contribution in [1.82, 2.24) is 10.2 Å². The molecule has 2 N–H and O–H groups in total. The molecular formula is C21H33IN4OS. The Labute approximate surface area is 190 Å². The second kappa shape index (κ2) is 11.3. The molecule has 1 aromatic carbocycles. The minimum Gasteiger partial charge on any atom is -0.356 e. The molecule has 2 aliphatic rings. The highest BCUT2D eigenvalue weighted by Gasteiger charge is 2.38. The molecule has 5 nitrogen and oxygen atoms in total. The molecule has 1 amide bonds. The normalized spacial score (nSPS) is 19.1. The van der Waals surface area contributed by atoms with Gasteiger partial charge in [-0.05, 0) is 37.0 Å². The largest absolute Gasteiger partial charge is 0.356 e. The monoisotopic (exact) mass is 516 g/mol. The highest BCUT2D eigenvalue weighted by Crippen LogP contribution is 2.42. The molecule has 0 unspecified atom stereocenters. The summed E-state index contributed by atoms with van der Waals surface area (Å²) in [5, 5.41) is 6.36. The average molecular weight is 516 g/mol. The van der Waals surface area contributed by atoms with Crippen LogP contribution >= 0.6 is 35.7 Å². The molecule has 1 saturated heterocycles. The summed E-state index contributed by atoms with van der Waals surface area (Å²) < 4.78 is 0.452. The van der Waals surface area contributed by atoms with Gasteiger partial charge in [-0.25, -0.2) is 0 Å². The van der Waals surface area contributed by atoms with Crippen molar-refractivity contribution >= 4 is 53.3 Å². The van der Waals surface area contributed by atoms with Gasteiger partial charge in [-0.3, -0.25) is 9.79 Å². The zero-order chi connectivity index (χ0) is 19.1. The molecule has 1 saturated carbocycles. The summed E-state index contributed by atoms with van der Waals surface area (Å²) in [6.45, 7) is 4.60. The minimum atomic E-state index is -0.0383. The van der Waals surface area contributed by atoms with Gasteiger partial charge in [0.1, 0.15) is 0 Å². The van der Waals surface area contributed by atoms with Crippen molar-refractivity contribution in [3.05, 3.63) is 29.8 Å². The van der Waals surface area contributed by atoms with E-state index in [9.17, 15) is 4.79 Å². The Hall–Kier alpha value is -0.960. The topological polar surface area (TPSA) is 56.7 Å². The number of hydrogen-bond acceptors (Lipinski definition) is 3. The van der Waals surface area contributed by atoms with Crippen LogP contribution in [0.3, 0.4) is 0 Å². The lowest BCUT2D eigenvalue weighted by molar-refractivity contribution is -0.114. The molecule has 0 atom stereocenters. The molecule has 3 rings (SSSR count). The van der Waals surface area contributed by atoms with Crippen LogP contribution in [0.25, 0.3) is 0 Å². The van der Waals surface area contributed by atoms with Gasteiger partial charge in [0.15, 0.2) is 5.96 Å². The van der Waals surface area contributed by atoms with Gasteiger partial charge in [-0.1, -0.05) is 31.4 Å². The van der Waals surface area contributed by atoms with E-state index in [1.807, 2.05) is 19.2 Å². The van der Waals surface area contributed by atoms with Crippen molar-refractivity contribution in [2.24, 2.45) is 4.99 Å². The number of nitrogens with one attached hydrogen (secondary N) is 2. The molecule has 1 aromatic rings. The van der Waals surface area contributed by atoms with E-state index in [2.05, 4.69) is 44.4 Å². The maximum absolute atomic E-state index is 11.1. The first-order chi connectivity index (χ1) is 13.1. The number of aliphatic imine (C=N–C) groups is 1. The molecule has 0 radical (unpaired) electrons. The van der Waals surface area contributed by atoms with Gasteiger partial charge >= 0.3 is 0 Å². The predicted molar refractivity (Wildman–Crippen MR) is 131 cm³/mol. The zero-order valence-electron chi connectivity index (χ0n) is 17.0. The maximum Gasteiger partial charge on any atom is 0.221 e. The van der Waals surface area contributed by atoms with E-state index in [-0.39, 0.29) is 29.9 Å². The number of thioether (sulfide) groups is 1. The van der Waals surface area contributed by atoms with Gasteiger partial charge in [0.2, 0.25) is 5.91 Å². The van der Waals surface area contributed by atoms with Crippen molar-refractivity contribution in [1.29, 1.82) is 0 Å². The summed E-state index contributed by atoms with van der Waals surface area (Å²) in [6, 6.07) is 8.06. The van der Waals surface area contributed by atoms with E-state index in [0.29, 0.717) is 4.75 Å². The lowest BCUT2D eigenvalue weighted by atomic mass is 9.87. The van der Waals surface area contributed by atoms with Crippen molar-refractivity contribution in [3.63, 3.8) is 0 Å². The number of anilines is 1. The van der Waals surface area contributed by atoms with Gasteiger partial charge in [0.25, 0.3) is 0 Å². The minimum absolute atomic E-state index is 0. The van der Waals surface area contributed by atoms with Crippen molar-refractivity contribution in [2.45, 2.75) is 50.2 Å². The summed E-state index contributed by atoms with van der Waals surface area (Å²) in [7, 11) is 1.89. The Balaban J connectivity index is 0.00000280. The fraction of sp³-hybridized carbons (Fsp3) is 0.619. The molecule has 28 heavy (non-hydrogen) atoms. The number of benzene rings is 1. The number of amides is 1. The summed E-state index contributed by atoms with van der Waals surface area (Å²) in [5.74, 6) is 2.20. The Morgan fingerprint density at radius 2 is 1.93 bits per heavy atom. The standard InChI is InChI=1S/C21H32N4OS.HI/c1-17(26)24-19-8-6-18(7-9-19)10-13-23-20(22-2)25-14-15-27-21(16-25)11-4-3-5-12-21;/h6-9H,3-5,10-16H2,1-2H3,(H,22,23)(H,24,26);1H. The molecule has 156 valence electrons. The van der Waals surface area contributed by atoms with E-state index in [1.165, 1.54) is 50.3 Å². The molecule has 0 aromatic heterocycles. The fourth-order valence-corrected chi connectivity index (χ4v) is 5.70. The first-order valence-electron chi connectivity index (χ1n) is 10.1. The summed E-state index contributed by atoms with van der Waals surface area (Å²) >= 11 is 2.19. The molecule has 0 bridgehead atoms. The number of nitrogens with zero attached hydrogens (tertiary/aromatic N) is 2. The number of carbonyl (C=O) groups is 1. The van der Waals surface area contributed by atoms with Crippen LogP contribution in [0.4, 0.5) is 5.69 Å². The zero-order valence-corrected chi connectivity index (χ0v) is 20.1. The van der Waals surface area contributed by atoms with E-state index < -0.39 is 0 Å². The first-order valence-corrected chi connectivity index (χ1v) is 11.0. The van der Waals surface area contributed by atoms with Gasteiger partial charge < -0.3 is 15.5 Å². The lowest BCUT2D eigenvalue weighted by Crippen LogP contribution is -2.53. The number of guanidine groups is 1. The van der Waals surface area contributed by atoms with Crippen LogP contribution in [0.5, 0.6) is 0 Å². The Morgan fingerprint density at radius 1 is 1.21 bits per heavy atom. The van der Waals surface area contributed by atoms with Crippen LogP contribution in [0, 0.1) is 0 Å². The van der Waals surface area contributed by atoms with Crippen LogP contribution in [0.1, 0.15) is 44.6 Å². The third-order valence-electron chi connectivity index (χ3n) is 5.50. The highest BCUT2D eigenvalue weighted by molar-refractivity contribution is 14.0. The number of hydrogen-bond donors (Lipinski definition) is 2. The third-order valence-corrected chi connectivity index (χ3v) is 7.03. The van der Waals surface area contributed by atoms with Crippen molar-refractivity contribution < 1.29 is 4.79 Å². The predicted octanol–water partition coefficient (Wildman–Crippen LogP) is 4.13. The van der Waals surface area contributed by atoms with Gasteiger partial charge in [0.05, 0.1) is 0 Å². The van der Waals surface area contributed by atoms with Crippen LogP contribution in [0.15, 0.2) is 29.3 Å². The highest BCUT2D eigenvalue weighted by atomic mass is 127. The molecule has 1 heterocycles. The van der Waals surface area contributed by atoms with Crippen LogP contribution in [-0.2, 0) is 11.2 Å². The molecule has 1 aliphatic heterocycles. The number of rotatable bonds is 4. The molecule has 7 heteroatoms. The summed E-state index contributed by atoms with van der Waals surface area (Å²) in [5.41, 5.74) is 2.10.